The van der Waals surface area contributed by atoms with E-state index in [9.17, 15) is 0 Å². The molecule has 0 saturated heterocycles. The molecule has 0 unspecified atom stereocenters. The second-order valence-electron chi connectivity index (χ2n) is 11.9. The second kappa shape index (κ2) is 13.5. The van der Waals surface area contributed by atoms with E-state index in [1.807, 2.05) is 86.0 Å². The Bertz CT molecular complexity index is 1990. The first-order chi connectivity index (χ1) is 20.8. The Labute approximate surface area is 272 Å². The molecule has 0 bridgehead atoms. The molecule has 0 N–H and O–H groups in total. The van der Waals surface area contributed by atoms with Crippen molar-refractivity contribution in [1.82, 2.24) is 15.0 Å². The summed E-state index contributed by atoms with van der Waals surface area (Å²) in [6.45, 7) is 8.77. The number of nitrogens with zero attached hydrogens (tertiary/aromatic N) is 3. The van der Waals surface area contributed by atoms with Gasteiger partial charge in [0.2, 0.25) is 0 Å². The van der Waals surface area contributed by atoms with E-state index in [4.69, 9.17) is 4.42 Å². The molecule has 1 radical (unpaired) electrons. The van der Waals surface area contributed by atoms with E-state index >= 15 is 0 Å². The zero-order valence-electron chi connectivity index (χ0n) is 25.3. The SMILES string of the molecule is CC(C)(C)Cc1ccc(-c2ccnc(-c3[c-]cccc3)c2)cc1.Cc1cc[c-]c(-c2cc3oc4ccccc4c3cn2)n1.[Ir]. The average Bonchev–Trinajstić information content (AvgIpc) is 3.39. The Hall–Kier alpha value is -4.44. The molecule has 0 aliphatic rings. The molecule has 0 atom stereocenters. The standard InChI is InChI=1S/C22H22N.C17H11N2O.Ir/c1-22(2,3)16-17-9-11-18(12-10-17)20-13-14-23-21(15-20)19-7-5-4-6-8-19;1-11-5-4-7-14(19-11)15-9-17-13(10-18-15)12-6-2-3-8-16(12)20-17;/h4-7,9-15H,16H2,1-3H3;2-6,8-10H,1H3;/q2*-1;. The van der Waals surface area contributed by atoms with Gasteiger partial charge < -0.3 is 14.4 Å². The van der Waals surface area contributed by atoms with Crippen LogP contribution in [0.3, 0.4) is 0 Å². The Morgan fingerprint density at radius 3 is 2.25 bits per heavy atom. The van der Waals surface area contributed by atoms with Crippen LogP contribution in [0.15, 0.2) is 120 Å². The van der Waals surface area contributed by atoms with E-state index < -0.39 is 0 Å². The van der Waals surface area contributed by atoms with Crippen molar-refractivity contribution in [2.45, 2.75) is 34.1 Å². The Morgan fingerprint density at radius 2 is 1.50 bits per heavy atom. The van der Waals surface area contributed by atoms with Crippen LogP contribution in [0.2, 0.25) is 0 Å². The zero-order chi connectivity index (χ0) is 29.8. The Kier molecular flexibility index (Phi) is 9.49. The maximum absolute atomic E-state index is 5.86. The van der Waals surface area contributed by atoms with Crippen molar-refractivity contribution in [2.75, 3.05) is 0 Å². The summed E-state index contributed by atoms with van der Waals surface area (Å²) in [4.78, 5) is 13.4. The van der Waals surface area contributed by atoms with Gasteiger partial charge in [-0.15, -0.1) is 42.0 Å². The first-order valence-corrected chi connectivity index (χ1v) is 14.5. The van der Waals surface area contributed by atoms with E-state index in [0.29, 0.717) is 5.41 Å². The number of rotatable bonds is 4. The van der Waals surface area contributed by atoms with Crippen LogP contribution in [0.4, 0.5) is 0 Å². The maximum atomic E-state index is 5.86. The molecule has 4 aromatic heterocycles. The molecule has 0 amide bonds. The largest absolute Gasteiger partial charge is 0.457 e. The van der Waals surface area contributed by atoms with Crippen LogP contribution in [0, 0.1) is 24.5 Å². The number of aryl methyl sites for hydroxylation is 1. The summed E-state index contributed by atoms with van der Waals surface area (Å²) in [6, 6.07) is 41.0. The number of pyridine rings is 3. The van der Waals surface area contributed by atoms with Gasteiger partial charge >= 0.3 is 0 Å². The van der Waals surface area contributed by atoms with Crippen LogP contribution in [0.25, 0.3) is 55.7 Å². The van der Waals surface area contributed by atoms with Crippen molar-refractivity contribution in [3.8, 4) is 33.8 Å². The number of hydrogen-bond donors (Lipinski definition) is 0. The second-order valence-corrected chi connectivity index (χ2v) is 11.9. The molecule has 4 heterocycles. The van der Waals surface area contributed by atoms with Gasteiger partial charge in [0, 0.05) is 43.3 Å². The van der Waals surface area contributed by atoms with Crippen molar-refractivity contribution >= 4 is 21.9 Å². The van der Waals surface area contributed by atoms with Crippen molar-refractivity contribution in [2.24, 2.45) is 5.41 Å². The minimum Gasteiger partial charge on any atom is -0.457 e. The van der Waals surface area contributed by atoms with E-state index in [1.165, 1.54) is 16.7 Å². The first-order valence-electron chi connectivity index (χ1n) is 14.5. The fraction of sp³-hybridized carbons (Fsp3) is 0.154. The van der Waals surface area contributed by atoms with Gasteiger partial charge in [0.05, 0.1) is 0 Å². The van der Waals surface area contributed by atoms with Gasteiger partial charge in [-0.05, 0) is 76.4 Å². The molecule has 3 aromatic carbocycles. The fourth-order valence-electron chi connectivity index (χ4n) is 5.11. The molecule has 0 saturated carbocycles. The molecule has 7 rings (SSSR count). The molecule has 221 valence electrons. The van der Waals surface area contributed by atoms with Crippen LogP contribution in [-0.4, -0.2) is 15.0 Å². The number of aromatic nitrogens is 3. The average molecular weight is 752 g/mol. The molecule has 44 heavy (non-hydrogen) atoms. The van der Waals surface area contributed by atoms with Crippen LogP contribution in [-0.2, 0) is 26.5 Å². The smallest absolute Gasteiger partial charge is 0.135 e. The van der Waals surface area contributed by atoms with Crippen LogP contribution in [0.1, 0.15) is 32.0 Å². The summed E-state index contributed by atoms with van der Waals surface area (Å²) in [7, 11) is 0. The quantitative estimate of drug-likeness (QED) is 0.168. The van der Waals surface area contributed by atoms with Gasteiger partial charge in [-0.3, -0.25) is 4.98 Å². The van der Waals surface area contributed by atoms with Gasteiger partial charge in [-0.2, -0.15) is 12.1 Å². The van der Waals surface area contributed by atoms with E-state index in [0.717, 1.165) is 56.7 Å². The molecule has 0 fully saturated rings. The van der Waals surface area contributed by atoms with Crippen LogP contribution >= 0.6 is 0 Å². The number of hydrogen-bond acceptors (Lipinski definition) is 4. The number of fused-ring (bicyclic) bond motifs is 3. The van der Waals surface area contributed by atoms with Crippen LogP contribution in [0.5, 0.6) is 0 Å². The number of benzene rings is 3. The predicted molar refractivity (Wildman–Crippen MR) is 175 cm³/mol. The third kappa shape index (κ3) is 7.37. The van der Waals surface area contributed by atoms with E-state index in [2.05, 4.69) is 84.3 Å². The van der Waals surface area contributed by atoms with Crippen molar-refractivity contribution in [3.05, 3.63) is 139 Å². The van der Waals surface area contributed by atoms with E-state index in [1.54, 1.807) is 0 Å². The number of furan rings is 1. The molecule has 0 aliphatic heterocycles. The van der Waals surface area contributed by atoms with Gasteiger partial charge in [0.15, 0.2) is 0 Å². The summed E-state index contributed by atoms with van der Waals surface area (Å²) < 4.78 is 5.86. The Morgan fingerprint density at radius 1 is 0.705 bits per heavy atom. The third-order valence-electron chi connectivity index (χ3n) is 7.11. The molecule has 4 nitrogen and oxygen atoms in total. The first kappa shape index (κ1) is 31.0. The van der Waals surface area contributed by atoms with Gasteiger partial charge in [-0.25, -0.2) is 0 Å². The molecule has 7 aromatic rings. The van der Waals surface area contributed by atoms with Gasteiger partial charge in [0.25, 0.3) is 0 Å². The van der Waals surface area contributed by atoms with Crippen molar-refractivity contribution in [3.63, 3.8) is 0 Å². The molecule has 5 heteroatoms. The summed E-state index contributed by atoms with van der Waals surface area (Å²) in [5, 5.41) is 2.11. The normalized spacial score (nSPS) is 11.1. The minimum absolute atomic E-state index is 0. The molecule has 0 spiro atoms. The van der Waals surface area contributed by atoms with Gasteiger partial charge in [0.1, 0.15) is 11.2 Å². The van der Waals surface area contributed by atoms with Crippen molar-refractivity contribution < 1.29 is 24.5 Å². The zero-order valence-corrected chi connectivity index (χ0v) is 27.7. The van der Waals surface area contributed by atoms with Gasteiger partial charge in [-0.1, -0.05) is 69.3 Å². The summed E-state index contributed by atoms with van der Waals surface area (Å²) in [6.07, 6.45) is 4.80. The molecular formula is C39H33IrN3O-2. The third-order valence-corrected chi connectivity index (χ3v) is 7.11. The molecule has 0 aliphatic carbocycles. The topological polar surface area (TPSA) is 51.8 Å². The number of para-hydroxylation sites is 1. The summed E-state index contributed by atoms with van der Waals surface area (Å²) >= 11 is 0. The summed E-state index contributed by atoms with van der Waals surface area (Å²) in [5.74, 6) is 0. The van der Waals surface area contributed by atoms with Crippen molar-refractivity contribution in [1.29, 1.82) is 0 Å². The summed E-state index contributed by atoms with van der Waals surface area (Å²) in [5.41, 5.74) is 10.3. The van der Waals surface area contributed by atoms with E-state index in [-0.39, 0.29) is 20.1 Å². The minimum atomic E-state index is 0. The fourth-order valence-corrected chi connectivity index (χ4v) is 5.11. The maximum Gasteiger partial charge on any atom is 0.135 e. The predicted octanol–water partition coefficient (Wildman–Crippen LogP) is 9.95. The Balaban J connectivity index is 0.000000172. The van der Waals surface area contributed by atoms with Crippen LogP contribution < -0.4 is 0 Å². The molecular weight excluding hydrogens is 719 g/mol. The monoisotopic (exact) mass is 752 g/mol.